The molecular formula is C121H83N8+. The largest absolute Gasteiger partial charge is 0.296 e. The SMILES string of the molecule is CCc1nc2ccccc2n1-c1ccc(-c2c3ccccc3c(-c3ccc(-c4ccccc4)cc3)c3ccccc23)cc1.C[n+]1c(-c2ccccc2)[nH]c2cc(-c3c4ccccc4c(-c4ccc5ccccc5c4)c4ccccc34)ccc21.c1ccc(-c2ccc3ccc4ccc(-c5cccc(-c6ccc7ccc8ccc(-c9ccccc9)nc8c7n6)c5)nc4c3n2)cc1. The monoisotopic (exact) mass is 1650 g/mol. The summed E-state index contributed by atoms with van der Waals surface area (Å²) in [6.45, 7) is 2.17. The molecule has 19 aromatic carbocycles. The van der Waals surface area contributed by atoms with Gasteiger partial charge in [0.05, 0.1) is 68.5 Å². The summed E-state index contributed by atoms with van der Waals surface area (Å²) in [7, 11) is 2.13. The minimum absolute atomic E-state index is 0.875. The fourth-order valence-corrected chi connectivity index (χ4v) is 19.2. The lowest BCUT2D eigenvalue weighted by atomic mass is 9.85. The second-order valence-corrected chi connectivity index (χ2v) is 33.1. The second-order valence-electron chi connectivity index (χ2n) is 33.1. The molecule has 0 aliphatic carbocycles. The lowest BCUT2D eigenvalue weighted by Crippen LogP contribution is -2.28. The Morgan fingerprint density at radius 1 is 0.240 bits per heavy atom. The molecule has 0 aliphatic heterocycles. The summed E-state index contributed by atoms with van der Waals surface area (Å²) in [4.78, 5) is 29.1. The van der Waals surface area contributed by atoms with Crippen molar-refractivity contribution in [1.29, 1.82) is 0 Å². The molecule has 0 saturated heterocycles. The van der Waals surface area contributed by atoms with E-state index in [1.54, 1.807) is 0 Å². The molecule has 0 atom stereocenters. The highest BCUT2D eigenvalue weighted by atomic mass is 15.1. The van der Waals surface area contributed by atoms with Crippen LogP contribution in [0.15, 0.2) is 449 Å². The minimum atomic E-state index is 0.875. The molecule has 0 unspecified atom stereocenters. The van der Waals surface area contributed by atoms with Crippen molar-refractivity contribution in [1.82, 2.24) is 34.5 Å². The summed E-state index contributed by atoms with van der Waals surface area (Å²) in [5.41, 5.74) is 30.8. The zero-order valence-corrected chi connectivity index (χ0v) is 71.1. The average Bonchev–Trinajstić information content (AvgIpc) is 1.50. The van der Waals surface area contributed by atoms with Crippen molar-refractivity contribution < 1.29 is 4.57 Å². The van der Waals surface area contributed by atoms with Crippen LogP contribution >= 0.6 is 0 Å². The van der Waals surface area contributed by atoms with Gasteiger partial charge in [0.1, 0.15) is 5.82 Å². The van der Waals surface area contributed by atoms with Crippen molar-refractivity contribution >= 4 is 120 Å². The minimum Gasteiger partial charge on any atom is -0.296 e. The van der Waals surface area contributed by atoms with Crippen LogP contribution in [0.2, 0.25) is 0 Å². The van der Waals surface area contributed by atoms with Gasteiger partial charge in [0.25, 0.3) is 5.82 Å². The van der Waals surface area contributed by atoms with Crippen molar-refractivity contribution in [3.8, 4) is 118 Å². The maximum Gasteiger partial charge on any atom is 0.287 e. The van der Waals surface area contributed by atoms with Gasteiger partial charge in [-0.25, -0.2) is 34.5 Å². The third kappa shape index (κ3) is 14.2. The van der Waals surface area contributed by atoms with Gasteiger partial charge in [0.15, 0.2) is 11.0 Å². The van der Waals surface area contributed by atoms with Crippen LogP contribution in [0.25, 0.3) is 237 Å². The number of hydrogen-bond donors (Lipinski definition) is 1. The molecule has 0 fully saturated rings. The predicted molar refractivity (Wildman–Crippen MR) is 539 cm³/mol. The van der Waals surface area contributed by atoms with Crippen LogP contribution in [-0.2, 0) is 13.5 Å². The van der Waals surface area contributed by atoms with E-state index in [0.717, 1.165) is 129 Å². The number of aromatic nitrogens is 8. The van der Waals surface area contributed by atoms with E-state index in [9.17, 15) is 0 Å². The van der Waals surface area contributed by atoms with Crippen molar-refractivity contribution in [3.63, 3.8) is 0 Å². The highest BCUT2D eigenvalue weighted by molar-refractivity contribution is 6.23. The van der Waals surface area contributed by atoms with Gasteiger partial charge in [0, 0.05) is 55.9 Å². The third-order valence-electron chi connectivity index (χ3n) is 25.5. The molecule has 0 radical (unpaired) electrons. The molecule has 0 saturated carbocycles. The van der Waals surface area contributed by atoms with Crippen LogP contribution in [0.1, 0.15) is 12.7 Å². The summed E-state index contributed by atoms with van der Waals surface area (Å²) in [5, 5.41) is 16.9. The van der Waals surface area contributed by atoms with Crippen molar-refractivity contribution in [2.45, 2.75) is 13.3 Å². The first kappa shape index (κ1) is 76.9. The topological polar surface area (TPSA) is 89.0 Å². The number of benzene rings is 19. The van der Waals surface area contributed by atoms with Crippen LogP contribution < -0.4 is 4.57 Å². The summed E-state index contributed by atoms with van der Waals surface area (Å²) in [6.07, 6.45) is 0.875. The number of hydrogen-bond acceptors (Lipinski definition) is 5. The van der Waals surface area contributed by atoms with E-state index in [1.165, 1.54) is 121 Å². The fourth-order valence-electron chi connectivity index (χ4n) is 19.2. The van der Waals surface area contributed by atoms with Crippen LogP contribution in [-0.4, -0.2) is 34.5 Å². The number of aryl methyl sites for hydroxylation is 2. The number of rotatable bonds is 12. The number of fused-ring (bicyclic) bond motifs is 13. The van der Waals surface area contributed by atoms with Gasteiger partial charge in [-0.1, -0.05) is 365 Å². The molecule has 6 aromatic heterocycles. The Labute approximate surface area is 746 Å². The lowest BCUT2D eigenvalue weighted by molar-refractivity contribution is -0.633. The first-order valence-electron chi connectivity index (χ1n) is 44.1. The van der Waals surface area contributed by atoms with Gasteiger partial charge in [-0.3, -0.25) is 4.57 Å². The summed E-state index contributed by atoms with van der Waals surface area (Å²) in [5.74, 6) is 2.18. The standard InChI is InChI=1S/C42H26N4.C41H30N2.C38H26N2/c1-3-8-27(9-4-1)35-22-18-29-14-16-31-20-24-37(45-41(31)39(29)43-35)33-12-7-13-34(26-33)38-25-21-32-17-15-30-19-23-36(28-10-5-2-6-11-28)44-40(30)42(32)46-38;1-2-39-42-37-18-10-11-19-38(37)43(39)32-26-24-31(25-27-32)41-35-16-8-6-14-33(35)40(34-15-7-9-17-36(34)41)30-22-20-29(21-23-30)28-12-4-3-5-13-28;1-40-35-22-21-29(24-34(35)39-38(40)26-12-3-2-4-13-26)37-32-17-9-7-15-30(32)36(31-16-8-10-18-33(31)37)28-20-19-25-11-5-6-14-27(25)23-28/h1-26H;3-27H,2H2,1H3;2-24H,1H3/p+1. The average molecular weight is 1650 g/mol. The first-order chi connectivity index (χ1) is 63.8. The van der Waals surface area contributed by atoms with Crippen molar-refractivity contribution in [3.05, 3.63) is 455 Å². The van der Waals surface area contributed by atoms with Gasteiger partial charge in [-0.15, -0.1) is 0 Å². The molecule has 606 valence electrons. The number of para-hydroxylation sites is 2. The molecule has 0 aliphatic rings. The maximum absolute atomic E-state index is 5.18. The molecule has 129 heavy (non-hydrogen) atoms. The Morgan fingerprint density at radius 2 is 0.566 bits per heavy atom. The van der Waals surface area contributed by atoms with Gasteiger partial charge >= 0.3 is 0 Å². The molecule has 0 amide bonds. The Hall–Kier alpha value is -16.9. The van der Waals surface area contributed by atoms with Gasteiger partial charge < -0.3 is 0 Å². The highest BCUT2D eigenvalue weighted by Crippen LogP contribution is 2.48. The molecular weight excluding hydrogens is 1570 g/mol. The quantitative estimate of drug-likeness (QED) is 0.0748. The number of nitrogens with zero attached hydrogens (tertiary/aromatic N) is 7. The number of nitrogens with one attached hydrogen (secondary N) is 1. The zero-order chi connectivity index (χ0) is 85.8. The Bertz CT molecular complexity index is 8350. The van der Waals surface area contributed by atoms with Crippen LogP contribution in [0.3, 0.4) is 0 Å². The van der Waals surface area contributed by atoms with E-state index in [1.807, 2.05) is 36.4 Å². The molecule has 0 bridgehead atoms. The van der Waals surface area contributed by atoms with Crippen molar-refractivity contribution in [2.75, 3.05) is 0 Å². The lowest BCUT2D eigenvalue weighted by Gasteiger charge is -2.18. The molecule has 8 heteroatoms. The fraction of sp³-hybridized carbons (Fsp3) is 0.0248. The Balaban J connectivity index is 0.000000111. The molecule has 1 N–H and O–H groups in total. The Morgan fingerprint density at radius 3 is 1.02 bits per heavy atom. The predicted octanol–water partition coefficient (Wildman–Crippen LogP) is 30.9. The summed E-state index contributed by atoms with van der Waals surface area (Å²) in [6, 6.07) is 160. The molecule has 8 nitrogen and oxygen atoms in total. The first-order valence-corrected chi connectivity index (χ1v) is 44.1. The Kier molecular flexibility index (Phi) is 19.6. The number of H-pyrrole nitrogens is 1. The smallest absolute Gasteiger partial charge is 0.287 e. The van der Waals surface area contributed by atoms with E-state index in [0.29, 0.717) is 0 Å². The maximum atomic E-state index is 5.18. The molecule has 0 spiro atoms. The number of pyridine rings is 4. The van der Waals surface area contributed by atoms with E-state index < -0.39 is 0 Å². The second kappa shape index (κ2) is 33.0. The van der Waals surface area contributed by atoms with Crippen LogP contribution in [0, 0.1) is 0 Å². The van der Waals surface area contributed by atoms with Crippen LogP contribution in [0.5, 0.6) is 0 Å². The zero-order valence-electron chi connectivity index (χ0n) is 71.1. The molecule has 6 heterocycles. The van der Waals surface area contributed by atoms with E-state index in [2.05, 4.69) is 441 Å². The van der Waals surface area contributed by atoms with E-state index in [4.69, 9.17) is 24.9 Å². The van der Waals surface area contributed by atoms with Crippen molar-refractivity contribution in [2.24, 2.45) is 7.05 Å². The normalized spacial score (nSPS) is 11.5. The number of aromatic amines is 1. The van der Waals surface area contributed by atoms with E-state index in [-0.39, 0.29) is 0 Å². The molecule has 25 aromatic rings. The van der Waals surface area contributed by atoms with Gasteiger partial charge in [-0.2, -0.15) is 0 Å². The highest BCUT2D eigenvalue weighted by Gasteiger charge is 2.24. The van der Waals surface area contributed by atoms with Crippen LogP contribution in [0.4, 0.5) is 0 Å². The molecule has 25 rings (SSSR count). The third-order valence-corrected chi connectivity index (χ3v) is 25.5. The summed E-state index contributed by atoms with van der Waals surface area (Å²) < 4.78 is 4.53. The number of imidazole rings is 2. The van der Waals surface area contributed by atoms with Gasteiger partial charge in [0.2, 0.25) is 0 Å². The van der Waals surface area contributed by atoms with Gasteiger partial charge in [-0.05, 0) is 200 Å². The summed E-state index contributed by atoms with van der Waals surface area (Å²) >= 11 is 0. The van der Waals surface area contributed by atoms with E-state index >= 15 is 0 Å².